The molecule has 7 nitrogen and oxygen atoms in total. The highest BCUT2D eigenvalue weighted by molar-refractivity contribution is 5.96. The van der Waals surface area contributed by atoms with Gasteiger partial charge in [0.05, 0.1) is 25.8 Å². The molecule has 1 heterocycles. The summed E-state index contributed by atoms with van der Waals surface area (Å²) in [5.41, 5.74) is 0.713. The van der Waals surface area contributed by atoms with Gasteiger partial charge in [-0.3, -0.25) is 14.5 Å². The summed E-state index contributed by atoms with van der Waals surface area (Å²) in [5.74, 6) is 0.604. The van der Waals surface area contributed by atoms with E-state index in [1.807, 2.05) is 0 Å². The Balaban J connectivity index is 1.46. The fraction of sp³-hybridized carbons (Fsp3) is 0.462. The van der Waals surface area contributed by atoms with Crippen molar-refractivity contribution in [3.8, 4) is 11.5 Å². The Kier molecular flexibility index (Phi) is 7.67. The number of halogens is 1. The first kappa shape index (κ1) is 24.0. The summed E-state index contributed by atoms with van der Waals surface area (Å²) >= 11 is 0. The third-order valence-electron chi connectivity index (χ3n) is 6.83. The van der Waals surface area contributed by atoms with Crippen LogP contribution in [0.25, 0.3) is 0 Å². The van der Waals surface area contributed by atoms with E-state index < -0.39 is 5.82 Å². The van der Waals surface area contributed by atoms with E-state index in [1.165, 1.54) is 12.1 Å². The van der Waals surface area contributed by atoms with E-state index in [0.29, 0.717) is 43.4 Å². The Bertz CT molecular complexity index is 995. The van der Waals surface area contributed by atoms with Crippen LogP contribution in [0.3, 0.4) is 0 Å². The molecule has 8 heteroatoms. The molecule has 2 amide bonds. The van der Waals surface area contributed by atoms with Crippen LogP contribution in [0.2, 0.25) is 0 Å². The quantitative estimate of drug-likeness (QED) is 0.668. The average Bonchev–Trinajstić information content (AvgIpc) is 3.38. The zero-order chi connectivity index (χ0) is 24.1. The smallest absolute Gasteiger partial charge is 0.256 e. The van der Waals surface area contributed by atoms with Crippen LogP contribution >= 0.6 is 0 Å². The normalized spacial score (nSPS) is 17.9. The lowest BCUT2D eigenvalue weighted by Gasteiger charge is -2.40. The van der Waals surface area contributed by atoms with Gasteiger partial charge in [0, 0.05) is 50.1 Å². The first-order valence-corrected chi connectivity index (χ1v) is 11.8. The Morgan fingerprint density at radius 2 is 1.59 bits per heavy atom. The van der Waals surface area contributed by atoms with Crippen LogP contribution in [0.5, 0.6) is 11.5 Å². The number of carbonyl (C=O) groups excluding carboxylic acids is 2. The second-order valence-electron chi connectivity index (χ2n) is 8.89. The molecule has 0 radical (unpaired) electrons. The molecule has 2 aliphatic rings. The van der Waals surface area contributed by atoms with Crippen molar-refractivity contribution >= 4 is 17.5 Å². The lowest BCUT2D eigenvalue weighted by molar-refractivity contribution is -0.123. The monoisotopic (exact) mass is 469 g/mol. The van der Waals surface area contributed by atoms with Gasteiger partial charge in [-0.05, 0) is 30.9 Å². The Morgan fingerprint density at radius 1 is 0.971 bits per heavy atom. The summed E-state index contributed by atoms with van der Waals surface area (Å²) in [4.78, 5) is 30.2. The molecule has 2 aromatic carbocycles. The Labute approximate surface area is 199 Å². The maximum absolute atomic E-state index is 14.1. The van der Waals surface area contributed by atoms with E-state index in [9.17, 15) is 14.0 Å². The number of piperazine rings is 1. The SMILES string of the molecule is COc1cc(NC(=O)[C@H](C2CCCC2)N2CCN(C(=O)c3ccccc3F)CC2)cc(OC)c1. The molecule has 0 spiro atoms. The molecule has 34 heavy (non-hydrogen) atoms. The van der Waals surface area contributed by atoms with Crippen LogP contribution in [-0.2, 0) is 4.79 Å². The van der Waals surface area contributed by atoms with E-state index in [2.05, 4.69) is 10.2 Å². The predicted molar refractivity (Wildman–Crippen MR) is 128 cm³/mol. The van der Waals surface area contributed by atoms with Crippen LogP contribution < -0.4 is 14.8 Å². The number of hydrogen-bond donors (Lipinski definition) is 1. The lowest BCUT2D eigenvalue weighted by Crippen LogP contribution is -2.57. The number of amides is 2. The molecule has 1 N–H and O–H groups in total. The van der Waals surface area contributed by atoms with E-state index >= 15 is 0 Å². The third kappa shape index (κ3) is 5.33. The largest absolute Gasteiger partial charge is 0.497 e. The summed E-state index contributed by atoms with van der Waals surface area (Å²) in [7, 11) is 3.15. The summed E-state index contributed by atoms with van der Waals surface area (Å²) in [6.07, 6.45) is 4.25. The number of carbonyl (C=O) groups is 2. The van der Waals surface area contributed by atoms with E-state index in [0.717, 1.165) is 25.7 Å². The maximum Gasteiger partial charge on any atom is 0.256 e. The number of methoxy groups -OCH3 is 2. The van der Waals surface area contributed by atoms with Crippen molar-refractivity contribution in [2.75, 3.05) is 45.7 Å². The zero-order valence-electron chi connectivity index (χ0n) is 19.8. The van der Waals surface area contributed by atoms with Crippen molar-refractivity contribution < 1.29 is 23.5 Å². The van der Waals surface area contributed by atoms with Crippen LogP contribution in [-0.4, -0.2) is 68.1 Å². The maximum atomic E-state index is 14.1. The van der Waals surface area contributed by atoms with Gasteiger partial charge in [-0.15, -0.1) is 0 Å². The topological polar surface area (TPSA) is 71.1 Å². The first-order valence-electron chi connectivity index (χ1n) is 11.8. The molecule has 0 bridgehead atoms. The van der Waals surface area contributed by atoms with Crippen molar-refractivity contribution in [1.82, 2.24) is 9.80 Å². The molecule has 1 atom stereocenters. The highest BCUT2D eigenvalue weighted by Gasteiger charge is 2.37. The molecular weight excluding hydrogens is 437 g/mol. The van der Waals surface area contributed by atoms with Gasteiger partial charge in [0.2, 0.25) is 5.91 Å². The minimum absolute atomic E-state index is 0.0592. The molecule has 1 aliphatic carbocycles. The molecule has 1 saturated carbocycles. The van der Waals surface area contributed by atoms with Crippen molar-refractivity contribution in [3.05, 3.63) is 53.8 Å². The molecule has 4 rings (SSSR count). The fourth-order valence-corrected chi connectivity index (χ4v) is 5.06. The lowest BCUT2D eigenvalue weighted by atomic mass is 9.94. The minimum atomic E-state index is -0.508. The number of rotatable bonds is 7. The Morgan fingerprint density at radius 3 is 2.18 bits per heavy atom. The highest BCUT2D eigenvalue weighted by atomic mass is 19.1. The molecule has 2 aromatic rings. The van der Waals surface area contributed by atoms with E-state index in [-0.39, 0.29) is 29.3 Å². The third-order valence-corrected chi connectivity index (χ3v) is 6.83. The number of ether oxygens (including phenoxy) is 2. The Hall–Kier alpha value is -3.13. The van der Waals surface area contributed by atoms with Gasteiger partial charge in [0.15, 0.2) is 0 Å². The summed E-state index contributed by atoms with van der Waals surface area (Å²) in [5, 5.41) is 3.06. The van der Waals surface area contributed by atoms with Gasteiger partial charge in [-0.1, -0.05) is 25.0 Å². The summed E-state index contributed by atoms with van der Waals surface area (Å²) < 4.78 is 24.8. The molecule has 0 unspecified atom stereocenters. The summed E-state index contributed by atoms with van der Waals surface area (Å²) in [6, 6.07) is 11.1. The molecule has 182 valence electrons. The van der Waals surface area contributed by atoms with Gasteiger partial charge in [0.25, 0.3) is 5.91 Å². The van der Waals surface area contributed by atoms with Crippen LogP contribution in [0.4, 0.5) is 10.1 Å². The number of hydrogen-bond acceptors (Lipinski definition) is 5. The van der Waals surface area contributed by atoms with Crippen molar-refractivity contribution in [2.24, 2.45) is 5.92 Å². The predicted octanol–water partition coefficient (Wildman–Crippen LogP) is 3.80. The number of nitrogens with one attached hydrogen (secondary N) is 1. The van der Waals surface area contributed by atoms with Gasteiger partial charge in [0.1, 0.15) is 17.3 Å². The van der Waals surface area contributed by atoms with Crippen molar-refractivity contribution in [1.29, 1.82) is 0 Å². The molecule has 1 aliphatic heterocycles. The van der Waals surface area contributed by atoms with E-state index in [1.54, 1.807) is 49.5 Å². The first-order chi connectivity index (χ1) is 16.5. The summed E-state index contributed by atoms with van der Waals surface area (Å²) in [6.45, 7) is 2.04. The fourth-order valence-electron chi connectivity index (χ4n) is 5.06. The van der Waals surface area contributed by atoms with E-state index in [4.69, 9.17) is 9.47 Å². The van der Waals surface area contributed by atoms with Gasteiger partial charge < -0.3 is 19.7 Å². The zero-order valence-corrected chi connectivity index (χ0v) is 19.8. The number of benzene rings is 2. The molecule has 2 fully saturated rings. The second kappa shape index (κ2) is 10.9. The average molecular weight is 470 g/mol. The number of nitrogens with zero attached hydrogens (tertiary/aromatic N) is 2. The second-order valence-corrected chi connectivity index (χ2v) is 8.89. The van der Waals surface area contributed by atoms with Gasteiger partial charge in [-0.2, -0.15) is 0 Å². The van der Waals surface area contributed by atoms with Crippen molar-refractivity contribution in [3.63, 3.8) is 0 Å². The number of anilines is 1. The van der Waals surface area contributed by atoms with Crippen LogP contribution in [0.1, 0.15) is 36.0 Å². The van der Waals surface area contributed by atoms with Crippen LogP contribution in [0, 0.1) is 11.7 Å². The standard InChI is InChI=1S/C26H32FN3O4/c1-33-20-15-19(16-21(17-20)34-2)28-25(31)24(18-7-3-4-8-18)29-11-13-30(14-12-29)26(32)22-9-5-6-10-23(22)27/h5-6,9-10,15-18,24H,3-4,7-8,11-14H2,1-2H3,(H,28,31)/t24-/m0/s1. The van der Waals surface area contributed by atoms with Crippen molar-refractivity contribution in [2.45, 2.75) is 31.7 Å². The molecule has 1 saturated heterocycles. The van der Waals surface area contributed by atoms with Gasteiger partial charge >= 0.3 is 0 Å². The minimum Gasteiger partial charge on any atom is -0.497 e. The van der Waals surface area contributed by atoms with Crippen LogP contribution in [0.15, 0.2) is 42.5 Å². The molecule has 0 aromatic heterocycles. The highest BCUT2D eigenvalue weighted by Crippen LogP contribution is 2.33. The van der Waals surface area contributed by atoms with Gasteiger partial charge in [-0.25, -0.2) is 4.39 Å². The molecular formula is C26H32FN3O4.